The normalized spacial score (nSPS) is 10.4. The van der Waals surface area contributed by atoms with Crippen molar-refractivity contribution in [2.45, 2.75) is 26.4 Å². The zero-order valence-electron chi connectivity index (χ0n) is 9.33. The molecule has 0 aliphatic rings. The van der Waals surface area contributed by atoms with Crippen LogP contribution in [-0.4, -0.2) is 11.6 Å². The minimum atomic E-state index is -0.318. The Labute approximate surface area is 101 Å². The van der Waals surface area contributed by atoms with Crippen LogP contribution in [0.25, 0.3) is 0 Å². The Hall–Kier alpha value is -1.00. The zero-order chi connectivity index (χ0) is 12.0. The maximum absolute atomic E-state index is 13.5. The zero-order valence-corrected chi connectivity index (χ0v) is 10.1. The second kappa shape index (κ2) is 6.55. The minimum absolute atomic E-state index is 0.206. The highest BCUT2D eigenvalue weighted by Gasteiger charge is 2.05. The summed E-state index contributed by atoms with van der Waals surface area (Å²) in [5.41, 5.74) is 6.49. The lowest BCUT2D eigenvalue weighted by atomic mass is 10.1. The van der Waals surface area contributed by atoms with E-state index in [4.69, 9.17) is 22.7 Å². The van der Waals surface area contributed by atoms with Crippen LogP contribution in [0.2, 0.25) is 0 Å². The topological polar surface area (TPSA) is 35.2 Å². The third-order valence-electron chi connectivity index (χ3n) is 2.24. The van der Waals surface area contributed by atoms with Crippen molar-refractivity contribution in [2.75, 3.05) is 6.61 Å². The fourth-order valence-corrected chi connectivity index (χ4v) is 1.37. The second-order valence-electron chi connectivity index (χ2n) is 3.58. The van der Waals surface area contributed by atoms with Crippen molar-refractivity contribution in [3.05, 3.63) is 35.1 Å². The number of hydrogen-bond donors (Lipinski definition) is 1. The van der Waals surface area contributed by atoms with Gasteiger partial charge in [-0.3, -0.25) is 0 Å². The summed E-state index contributed by atoms with van der Waals surface area (Å²) in [6, 6.07) is 4.72. The summed E-state index contributed by atoms with van der Waals surface area (Å²) in [6.45, 7) is 3.04. The number of hydrogen-bond acceptors (Lipinski definition) is 2. The monoisotopic (exact) mass is 241 g/mol. The van der Waals surface area contributed by atoms with Gasteiger partial charge in [-0.2, -0.15) is 0 Å². The first-order valence-electron chi connectivity index (χ1n) is 5.31. The highest BCUT2D eigenvalue weighted by Crippen LogP contribution is 2.12. The van der Waals surface area contributed by atoms with Gasteiger partial charge in [-0.15, -0.1) is 0 Å². The molecule has 1 aromatic carbocycles. The van der Waals surface area contributed by atoms with E-state index in [0.29, 0.717) is 24.3 Å². The Bertz CT molecular complexity index is 368. The van der Waals surface area contributed by atoms with E-state index in [1.165, 1.54) is 6.07 Å². The molecule has 0 heterocycles. The van der Waals surface area contributed by atoms with Crippen molar-refractivity contribution in [3.8, 4) is 0 Å². The van der Waals surface area contributed by atoms with E-state index in [0.717, 1.165) is 12.8 Å². The van der Waals surface area contributed by atoms with Crippen LogP contribution >= 0.6 is 12.2 Å². The minimum Gasteiger partial charge on any atom is -0.389 e. The van der Waals surface area contributed by atoms with Crippen LogP contribution in [0.5, 0.6) is 0 Å². The highest BCUT2D eigenvalue weighted by molar-refractivity contribution is 7.80. The Kier molecular flexibility index (Phi) is 5.35. The van der Waals surface area contributed by atoms with Gasteiger partial charge in [-0.05, 0) is 12.5 Å². The first-order chi connectivity index (χ1) is 7.65. The Morgan fingerprint density at radius 1 is 1.50 bits per heavy atom. The quantitative estimate of drug-likeness (QED) is 0.614. The molecule has 1 aromatic rings. The average molecular weight is 241 g/mol. The van der Waals surface area contributed by atoms with Crippen LogP contribution in [-0.2, 0) is 11.3 Å². The molecule has 0 spiro atoms. The molecule has 1 rings (SSSR count). The van der Waals surface area contributed by atoms with Crippen molar-refractivity contribution in [1.29, 1.82) is 0 Å². The highest BCUT2D eigenvalue weighted by atomic mass is 32.1. The summed E-state index contributed by atoms with van der Waals surface area (Å²) >= 11 is 4.77. The summed E-state index contributed by atoms with van der Waals surface area (Å²) in [5, 5.41) is 0. The van der Waals surface area contributed by atoms with Crippen LogP contribution in [0.15, 0.2) is 18.2 Å². The fraction of sp³-hybridized carbons (Fsp3) is 0.417. The lowest BCUT2D eigenvalue weighted by Crippen LogP contribution is -2.10. The summed E-state index contributed by atoms with van der Waals surface area (Å²) in [6.07, 6.45) is 2.06. The smallest absolute Gasteiger partial charge is 0.129 e. The van der Waals surface area contributed by atoms with Crippen molar-refractivity contribution >= 4 is 17.2 Å². The molecule has 0 saturated carbocycles. The van der Waals surface area contributed by atoms with Crippen molar-refractivity contribution in [2.24, 2.45) is 5.73 Å². The van der Waals surface area contributed by atoms with Gasteiger partial charge < -0.3 is 10.5 Å². The number of ether oxygens (including phenoxy) is 1. The van der Waals surface area contributed by atoms with Crippen molar-refractivity contribution in [1.82, 2.24) is 0 Å². The van der Waals surface area contributed by atoms with E-state index < -0.39 is 0 Å². The van der Waals surface area contributed by atoms with Gasteiger partial charge in [-0.1, -0.05) is 37.7 Å². The SMILES string of the molecule is CCCCOCc1ccc(C(N)=S)cc1F. The van der Waals surface area contributed by atoms with Gasteiger partial charge in [0.25, 0.3) is 0 Å². The molecule has 4 heteroatoms. The first-order valence-corrected chi connectivity index (χ1v) is 5.72. The lowest BCUT2D eigenvalue weighted by Gasteiger charge is -2.06. The van der Waals surface area contributed by atoms with Gasteiger partial charge in [0, 0.05) is 17.7 Å². The molecule has 0 saturated heterocycles. The second-order valence-corrected chi connectivity index (χ2v) is 4.02. The van der Waals surface area contributed by atoms with Gasteiger partial charge in [0.2, 0.25) is 0 Å². The van der Waals surface area contributed by atoms with Crippen LogP contribution in [0.3, 0.4) is 0 Å². The molecule has 0 amide bonds. The average Bonchev–Trinajstić information content (AvgIpc) is 2.26. The Balaban J connectivity index is 2.57. The van der Waals surface area contributed by atoms with Gasteiger partial charge in [0.05, 0.1) is 6.61 Å². The van der Waals surface area contributed by atoms with Gasteiger partial charge in [0.1, 0.15) is 10.8 Å². The van der Waals surface area contributed by atoms with Crippen LogP contribution in [0, 0.1) is 5.82 Å². The summed E-state index contributed by atoms with van der Waals surface area (Å²) < 4.78 is 18.9. The number of rotatable bonds is 6. The van der Waals surface area contributed by atoms with Crippen LogP contribution in [0.1, 0.15) is 30.9 Å². The third kappa shape index (κ3) is 3.87. The van der Waals surface area contributed by atoms with Crippen molar-refractivity contribution in [3.63, 3.8) is 0 Å². The molecular weight excluding hydrogens is 225 g/mol. The number of nitrogens with two attached hydrogens (primary N) is 1. The Morgan fingerprint density at radius 2 is 2.25 bits per heavy atom. The van der Waals surface area contributed by atoms with E-state index in [2.05, 4.69) is 6.92 Å². The van der Waals surface area contributed by atoms with Gasteiger partial charge in [-0.25, -0.2) is 4.39 Å². The molecule has 0 aliphatic carbocycles. The van der Waals surface area contributed by atoms with Crippen LogP contribution < -0.4 is 5.73 Å². The van der Waals surface area contributed by atoms with Gasteiger partial charge >= 0.3 is 0 Å². The molecule has 0 unspecified atom stereocenters. The van der Waals surface area contributed by atoms with E-state index in [1.807, 2.05) is 0 Å². The third-order valence-corrected chi connectivity index (χ3v) is 2.47. The molecular formula is C12H16FNOS. The predicted molar refractivity (Wildman–Crippen MR) is 66.9 cm³/mol. The van der Waals surface area contributed by atoms with E-state index >= 15 is 0 Å². The van der Waals surface area contributed by atoms with Crippen LogP contribution in [0.4, 0.5) is 4.39 Å². The summed E-state index contributed by atoms with van der Waals surface area (Å²) in [5.74, 6) is -0.318. The summed E-state index contributed by atoms with van der Waals surface area (Å²) in [7, 11) is 0. The predicted octanol–water partition coefficient (Wildman–Crippen LogP) is 2.78. The number of benzene rings is 1. The standard InChI is InChI=1S/C12H16FNOS/c1-2-3-6-15-8-10-5-4-9(12(14)16)7-11(10)13/h4-5,7H,2-3,6,8H2,1H3,(H2,14,16). The maximum Gasteiger partial charge on any atom is 0.129 e. The molecule has 0 radical (unpaired) electrons. The van der Waals surface area contributed by atoms with E-state index in [9.17, 15) is 4.39 Å². The first kappa shape index (κ1) is 13.1. The molecule has 0 bridgehead atoms. The van der Waals surface area contributed by atoms with E-state index in [-0.39, 0.29) is 10.8 Å². The molecule has 0 atom stereocenters. The van der Waals surface area contributed by atoms with Gasteiger partial charge in [0.15, 0.2) is 0 Å². The number of thiocarbonyl (C=S) groups is 1. The number of halogens is 1. The summed E-state index contributed by atoms with van der Waals surface area (Å²) in [4.78, 5) is 0.206. The molecule has 2 nitrogen and oxygen atoms in total. The molecule has 0 aromatic heterocycles. The fourth-order valence-electron chi connectivity index (χ4n) is 1.25. The number of unbranched alkanes of at least 4 members (excludes halogenated alkanes) is 1. The molecule has 16 heavy (non-hydrogen) atoms. The molecule has 2 N–H and O–H groups in total. The Morgan fingerprint density at radius 3 is 2.81 bits per heavy atom. The lowest BCUT2D eigenvalue weighted by molar-refractivity contribution is 0.116. The largest absolute Gasteiger partial charge is 0.389 e. The molecule has 0 fully saturated rings. The van der Waals surface area contributed by atoms with Crippen molar-refractivity contribution < 1.29 is 9.13 Å². The molecule has 88 valence electrons. The maximum atomic E-state index is 13.5. The van der Waals surface area contributed by atoms with E-state index in [1.54, 1.807) is 12.1 Å². The molecule has 0 aliphatic heterocycles.